The molecule has 0 saturated carbocycles. The van der Waals surface area contributed by atoms with Gasteiger partial charge in [0.05, 0.1) is 4.34 Å². The Bertz CT molecular complexity index is 275. The molecule has 1 unspecified atom stereocenters. The zero-order valence-electron chi connectivity index (χ0n) is 9.25. The molecule has 0 aliphatic rings. The second-order valence-electron chi connectivity index (χ2n) is 3.37. The fourth-order valence-corrected chi connectivity index (χ4v) is 3.02. The van der Waals surface area contributed by atoms with Crippen LogP contribution >= 0.6 is 34.7 Å². The highest BCUT2D eigenvalue weighted by molar-refractivity contribution is 7.99. The zero-order chi connectivity index (χ0) is 11.1. The van der Waals surface area contributed by atoms with Crippen LogP contribution in [-0.2, 0) is 0 Å². The summed E-state index contributed by atoms with van der Waals surface area (Å²) in [5.74, 6) is 2.47. The molecule has 0 fully saturated rings. The summed E-state index contributed by atoms with van der Waals surface area (Å²) in [6.07, 6.45) is 1.24. The van der Waals surface area contributed by atoms with Crippen LogP contribution in [-0.4, -0.2) is 18.1 Å². The highest BCUT2D eigenvalue weighted by Crippen LogP contribution is 2.26. The molecule has 1 aromatic heterocycles. The van der Waals surface area contributed by atoms with Gasteiger partial charge in [-0.15, -0.1) is 11.3 Å². The normalized spacial score (nSPS) is 13.0. The Kier molecular flexibility index (Phi) is 6.73. The third kappa shape index (κ3) is 5.25. The third-order valence-corrected chi connectivity index (χ3v) is 4.54. The van der Waals surface area contributed by atoms with E-state index >= 15 is 0 Å². The smallest absolute Gasteiger partial charge is 0.0931 e. The summed E-state index contributed by atoms with van der Waals surface area (Å²) >= 11 is 9.56. The highest BCUT2D eigenvalue weighted by atomic mass is 35.5. The summed E-state index contributed by atoms with van der Waals surface area (Å²) in [5, 5.41) is 3.51. The summed E-state index contributed by atoms with van der Waals surface area (Å²) in [4.78, 5) is 1.32. The maximum Gasteiger partial charge on any atom is 0.0931 e. The minimum atomic E-state index is 0.425. The standard InChI is InChI=1S/C11H18ClNS2/c1-3-14-8-4-7-13-9(2)10-5-6-11(12)15-10/h5-6,9,13H,3-4,7-8H2,1-2H3. The van der Waals surface area contributed by atoms with Crippen molar-refractivity contribution in [3.8, 4) is 0 Å². The molecule has 0 saturated heterocycles. The molecular formula is C11H18ClNS2. The summed E-state index contributed by atoms with van der Waals surface area (Å²) < 4.78 is 0.875. The fraction of sp³-hybridized carbons (Fsp3) is 0.636. The highest BCUT2D eigenvalue weighted by Gasteiger charge is 2.06. The summed E-state index contributed by atoms with van der Waals surface area (Å²) in [7, 11) is 0. The lowest BCUT2D eigenvalue weighted by Crippen LogP contribution is -2.19. The average Bonchev–Trinajstić information content (AvgIpc) is 2.64. The van der Waals surface area contributed by atoms with E-state index in [0.29, 0.717) is 6.04 Å². The number of hydrogen-bond donors (Lipinski definition) is 1. The van der Waals surface area contributed by atoms with Gasteiger partial charge in [0.1, 0.15) is 0 Å². The predicted molar refractivity (Wildman–Crippen MR) is 73.4 cm³/mol. The van der Waals surface area contributed by atoms with E-state index in [4.69, 9.17) is 11.6 Å². The fourth-order valence-electron chi connectivity index (χ4n) is 1.30. The van der Waals surface area contributed by atoms with E-state index in [2.05, 4.69) is 25.2 Å². The van der Waals surface area contributed by atoms with E-state index < -0.39 is 0 Å². The minimum Gasteiger partial charge on any atom is -0.309 e. The molecule has 15 heavy (non-hydrogen) atoms. The van der Waals surface area contributed by atoms with Gasteiger partial charge in [-0.3, -0.25) is 0 Å². The first-order valence-electron chi connectivity index (χ1n) is 5.30. The van der Waals surface area contributed by atoms with Gasteiger partial charge in [0.15, 0.2) is 0 Å². The Morgan fingerprint density at radius 1 is 1.53 bits per heavy atom. The summed E-state index contributed by atoms with van der Waals surface area (Å²) in [6, 6.07) is 4.49. The lowest BCUT2D eigenvalue weighted by molar-refractivity contribution is 0.580. The van der Waals surface area contributed by atoms with Gasteiger partial charge in [-0.25, -0.2) is 0 Å². The Morgan fingerprint density at radius 3 is 2.93 bits per heavy atom. The predicted octanol–water partition coefficient (Wildman–Crippen LogP) is 4.20. The van der Waals surface area contributed by atoms with Gasteiger partial charge in [0, 0.05) is 10.9 Å². The Labute approximate surface area is 106 Å². The van der Waals surface area contributed by atoms with Crippen LogP contribution in [0.3, 0.4) is 0 Å². The van der Waals surface area contributed by atoms with Crippen molar-refractivity contribution in [2.24, 2.45) is 0 Å². The number of halogens is 1. The second kappa shape index (κ2) is 7.55. The quantitative estimate of drug-likeness (QED) is 0.740. The van der Waals surface area contributed by atoms with Crippen molar-refractivity contribution < 1.29 is 0 Å². The van der Waals surface area contributed by atoms with Gasteiger partial charge in [0.2, 0.25) is 0 Å². The van der Waals surface area contributed by atoms with Gasteiger partial charge < -0.3 is 5.32 Å². The Morgan fingerprint density at radius 2 is 2.33 bits per heavy atom. The summed E-state index contributed by atoms with van der Waals surface area (Å²) in [6.45, 7) is 5.48. The molecule has 0 spiro atoms. The largest absolute Gasteiger partial charge is 0.309 e. The van der Waals surface area contributed by atoms with E-state index in [-0.39, 0.29) is 0 Å². The molecule has 0 bridgehead atoms. The monoisotopic (exact) mass is 263 g/mol. The third-order valence-electron chi connectivity index (χ3n) is 2.14. The molecular weight excluding hydrogens is 246 g/mol. The van der Waals surface area contributed by atoms with Crippen molar-refractivity contribution in [3.63, 3.8) is 0 Å². The van der Waals surface area contributed by atoms with E-state index in [1.165, 1.54) is 22.8 Å². The molecule has 0 radical (unpaired) electrons. The molecule has 0 aromatic carbocycles. The molecule has 4 heteroatoms. The molecule has 1 aromatic rings. The average molecular weight is 264 g/mol. The molecule has 1 heterocycles. The molecule has 0 aliphatic heterocycles. The van der Waals surface area contributed by atoms with Crippen LogP contribution in [0.2, 0.25) is 4.34 Å². The van der Waals surface area contributed by atoms with Gasteiger partial charge >= 0.3 is 0 Å². The van der Waals surface area contributed by atoms with Crippen LogP contribution in [0.15, 0.2) is 12.1 Å². The van der Waals surface area contributed by atoms with Crippen molar-refractivity contribution >= 4 is 34.7 Å². The molecule has 0 aliphatic carbocycles. The second-order valence-corrected chi connectivity index (χ2v) is 6.51. The Balaban J connectivity index is 2.16. The van der Waals surface area contributed by atoms with Crippen LogP contribution in [0.1, 0.15) is 31.2 Å². The molecule has 1 atom stereocenters. The van der Waals surface area contributed by atoms with Gasteiger partial charge in [-0.1, -0.05) is 18.5 Å². The maximum atomic E-state index is 5.89. The van der Waals surface area contributed by atoms with E-state index in [1.54, 1.807) is 11.3 Å². The number of thioether (sulfide) groups is 1. The van der Waals surface area contributed by atoms with Crippen molar-refractivity contribution in [2.75, 3.05) is 18.1 Å². The van der Waals surface area contributed by atoms with Crippen molar-refractivity contribution in [1.82, 2.24) is 5.32 Å². The Hall–Kier alpha value is 0.300. The van der Waals surface area contributed by atoms with Gasteiger partial charge in [-0.05, 0) is 43.5 Å². The molecule has 1 nitrogen and oxygen atoms in total. The van der Waals surface area contributed by atoms with Gasteiger partial charge in [0.25, 0.3) is 0 Å². The first kappa shape index (κ1) is 13.4. The van der Waals surface area contributed by atoms with Crippen LogP contribution in [0.4, 0.5) is 0 Å². The number of nitrogens with one attached hydrogen (secondary N) is 1. The lowest BCUT2D eigenvalue weighted by Gasteiger charge is -2.11. The van der Waals surface area contributed by atoms with Crippen LogP contribution < -0.4 is 5.32 Å². The summed E-state index contributed by atoms with van der Waals surface area (Å²) in [5.41, 5.74) is 0. The first-order chi connectivity index (χ1) is 7.24. The van der Waals surface area contributed by atoms with E-state index in [1.807, 2.05) is 17.8 Å². The first-order valence-corrected chi connectivity index (χ1v) is 7.65. The maximum absolute atomic E-state index is 5.89. The minimum absolute atomic E-state index is 0.425. The lowest BCUT2D eigenvalue weighted by atomic mass is 10.2. The molecule has 1 rings (SSSR count). The topological polar surface area (TPSA) is 12.0 Å². The van der Waals surface area contributed by atoms with Crippen LogP contribution in [0.25, 0.3) is 0 Å². The van der Waals surface area contributed by atoms with Crippen LogP contribution in [0, 0.1) is 0 Å². The van der Waals surface area contributed by atoms with E-state index in [0.717, 1.165) is 10.9 Å². The van der Waals surface area contributed by atoms with Crippen molar-refractivity contribution in [3.05, 3.63) is 21.3 Å². The molecule has 0 amide bonds. The van der Waals surface area contributed by atoms with Gasteiger partial charge in [-0.2, -0.15) is 11.8 Å². The van der Waals surface area contributed by atoms with Crippen molar-refractivity contribution in [2.45, 2.75) is 26.3 Å². The number of rotatable bonds is 7. The molecule has 86 valence electrons. The van der Waals surface area contributed by atoms with E-state index in [9.17, 15) is 0 Å². The zero-order valence-corrected chi connectivity index (χ0v) is 11.6. The molecule has 1 N–H and O–H groups in total. The number of thiophene rings is 1. The van der Waals surface area contributed by atoms with Crippen molar-refractivity contribution in [1.29, 1.82) is 0 Å². The number of hydrogen-bond acceptors (Lipinski definition) is 3. The van der Waals surface area contributed by atoms with Crippen LogP contribution in [0.5, 0.6) is 0 Å². The SMILES string of the molecule is CCSCCCNC(C)c1ccc(Cl)s1.